The summed E-state index contributed by atoms with van der Waals surface area (Å²) >= 11 is 0. The Kier molecular flexibility index (Phi) is 5.88. The van der Waals surface area contributed by atoms with Crippen molar-refractivity contribution in [3.05, 3.63) is 0 Å². The fourth-order valence-electron chi connectivity index (χ4n) is 3.68. The number of hydrogen-bond donors (Lipinski definition) is 1. The van der Waals surface area contributed by atoms with Gasteiger partial charge in [0.1, 0.15) is 0 Å². The van der Waals surface area contributed by atoms with E-state index in [1.807, 2.05) is 0 Å². The van der Waals surface area contributed by atoms with Crippen molar-refractivity contribution in [2.45, 2.75) is 65.5 Å². The first-order valence-electron chi connectivity index (χ1n) is 8.56. The van der Waals surface area contributed by atoms with E-state index >= 15 is 0 Å². The lowest BCUT2D eigenvalue weighted by molar-refractivity contribution is -0.0406. The second-order valence-corrected chi connectivity index (χ2v) is 7.65. The average Bonchev–Trinajstić information content (AvgIpc) is 2.42. The Morgan fingerprint density at radius 1 is 1.30 bits per heavy atom. The van der Waals surface area contributed by atoms with Crippen LogP contribution < -0.4 is 5.32 Å². The van der Waals surface area contributed by atoms with E-state index in [1.165, 1.54) is 38.8 Å². The largest absolute Gasteiger partial charge is 0.381 e. The molecule has 0 amide bonds. The van der Waals surface area contributed by atoms with Crippen LogP contribution in [0.5, 0.6) is 0 Å². The lowest BCUT2D eigenvalue weighted by atomic mass is 9.80. The lowest BCUT2D eigenvalue weighted by Crippen LogP contribution is -2.53. The standard InChI is InChI=1S/C17H34N2O/c1-14(2)18-11-17(8-5-9-20-13-17)12-19-10-15(3)6-7-16(19)4/h14-16,18H,5-13H2,1-4H3. The van der Waals surface area contributed by atoms with Crippen LogP contribution in [0.4, 0.5) is 0 Å². The van der Waals surface area contributed by atoms with Crippen molar-refractivity contribution in [1.82, 2.24) is 10.2 Å². The summed E-state index contributed by atoms with van der Waals surface area (Å²) in [6, 6.07) is 1.30. The molecule has 0 aromatic heterocycles. The van der Waals surface area contributed by atoms with Crippen LogP contribution in [0.25, 0.3) is 0 Å². The Bertz CT molecular complexity index is 287. The molecule has 0 aromatic rings. The third kappa shape index (κ3) is 4.44. The molecule has 0 radical (unpaired) electrons. The maximum absolute atomic E-state index is 5.85. The van der Waals surface area contributed by atoms with Crippen LogP contribution >= 0.6 is 0 Å². The van der Waals surface area contributed by atoms with Crippen molar-refractivity contribution < 1.29 is 4.74 Å². The van der Waals surface area contributed by atoms with Crippen molar-refractivity contribution in [3.8, 4) is 0 Å². The van der Waals surface area contributed by atoms with Crippen LogP contribution in [-0.4, -0.2) is 49.8 Å². The summed E-state index contributed by atoms with van der Waals surface area (Å²) in [7, 11) is 0. The fraction of sp³-hybridized carbons (Fsp3) is 1.00. The van der Waals surface area contributed by atoms with E-state index in [4.69, 9.17) is 4.74 Å². The van der Waals surface area contributed by atoms with Gasteiger partial charge in [0.15, 0.2) is 0 Å². The second kappa shape index (κ2) is 7.24. The number of nitrogens with zero attached hydrogens (tertiary/aromatic N) is 1. The molecule has 3 atom stereocenters. The number of nitrogens with one attached hydrogen (secondary N) is 1. The molecule has 2 aliphatic rings. The number of likely N-dealkylation sites (tertiary alicyclic amines) is 1. The molecule has 0 aliphatic carbocycles. The van der Waals surface area contributed by atoms with Gasteiger partial charge >= 0.3 is 0 Å². The zero-order valence-corrected chi connectivity index (χ0v) is 14.0. The highest BCUT2D eigenvalue weighted by Crippen LogP contribution is 2.32. The molecule has 0 bridgehead atoms. The zero-order chi connectivity index (χ0) is 14.6. The highest BCUT2D eigenvalue weighted by atomic mass is 16.5. The van der Waals surface area contributed by atoms with Gasteiger partial charge in [-0.15, -0.1) is 0 Å². The van der Waals surface area contributed by atoms with E-state index in [9.17, 15) is 0 Å². The molecule has 2 heterocycles. The van der Waals surface area contributed by atoms with E-state index in [2.05, 4.69) is 37.9 Å². The van der Waals surface area contributed by atoms with Gasteiger partial charge in [0.05, 0.1) is 6.61 Å². The molecule has 2 rings (SSSR count). The van der Waals surface area contributed by atoms with E-state index in [0.717, 1.165) is 31.7 Å². The Morgan fingerprint density at radius 3 is 2.75 bits per heavy atom. The maximum Gasteiger partial charge on any atom is 0.0546 e. The summed E-state index contributed by atoms with van der Waals surface area (Å²) < 4.78 is 5.85. The highest BCUT2D eigenvalue weighted by molar-refractivity contribution is 4.90. The van der Waals surface area contributed by atoms with E-state index in [1.54, 1.807) is 0 Å². The Labute approximate surface area is 125 Å². The summed E-state index contributed by atoms with van der Waals surface area (Å²) in [4.78, 5) is 2.73. The van der Waals surface area contributed by atoms with Crippen LogP contribution in [0.15, 0.2) is 0 Å². The topological polar surface area (TPSA) is 24.5 Å². The van der Waals surface area contributed by atoms with Crippen LogP contribution in [0.2, 0.25) is 0 Å². The minimum Gasteiger partial charge on any atom is -0.381 e. The SMILES string of the molecule is CC1CCC(C)N(CC2(CNC(C)C)CCCOC2)C1. The van der Waals surface area contributed by atoms with E-state index in [0.29, 0.717) is 11.5 Å². The lowest BCUT2D eigenvalue weighted by Gasteiger charge is -2.46. The van der Waals surface area contributed by atoms with Crippen molar-refractivity contribution in [2.24, 2.45) is 11.3 Å². The molecule has 0 aromatic carbocycles. The first-order chi connectivity index (χ1) is 9.51. The molecule has 0 saturated carbocycles. The van der Waals surface area contributed by atoms with E-state index in [-0.39, 0.29) is 0 Å². The summed E-state index contributed by atoms with van der Waals surface area (Å²) in [5, 5.41) is 3.66. The molecular formula is C17H34N2O. The monoisotopic (exact) mass is 282 g/mol. The van der Waals surface area contributed by atoms with Gasteiger partial charge in [-0.2, -0.15) is 0 Å². The Balaban J connectivity index is 1.98. The number of rotatable bonds is 5. The van der Waals surface area contributed by atoms with E-state index < -0.39 is 0 Å². The smallest absolute Gasteiger partial charge is 0.0546 e. The number of ether oxygens (including phenoxy) is 1. The van der Waals surface area contributed by atoms with Gasteiger partial charge in [-0.05, 0) is 38.5 Å². The summed E-state index contributed by atoms with van der Waals surface area (Å²) in [5.41, 5.74) is 0.327. The van der Waals surface area contributed by atoms with Gasteiger partial charge in [-0.3, -0.25) is 4.90 Å². The van der Waals surface area contributed by atoms with Gasteiger partial charge in [0, 0.05) is 43.7 Å². The van der Waals surface area contributed by atoms with Gasteiger partial charge < -0.3 is 10.1 Å². The van der Waals surface area contributed by atoms with Gasteiger partial charge in [-0.1, -0.05) is 20.8 Å². The van der Waals surface area contributed by atoms with Crippen LogP contribution in [-0.2, 0) is 4.74 Å². The highest BCUT2D eigenvalue weighted by Gasteiger charge is 2.37. The van der Waals surface area contributed by atoms with Gasteiger partial charge in [0.25, 0.3) is 0 Å². The second-order valence-electron chi connectivity index (χ2n) is 7.65. The molecule has 2 fully saturated rings. The Morgan fingerprint density at radius 2 is 2.10 bits per heavy atom. The third-order valence-electron chi connectivity index (χ3n) is 5.07. The predicted octanol–water partition coefficient (Wildman–Crippen LogP) is 2.90. The number of piperidine rings is 1. The molecule has 118 valence electrons. The van der Waals surface area contributed by atoms with Crippen LogP contribution in [0.1, 0.15) is 53.4 Å². The maximum atomic E-state index is 5.85. The van der Waals surface area contributed by atoms with Crippen molar-refractivity contribution in [2.75, 3.05) is 32.8 Å². The predicted molar refractivity (Wildman–Crippen MR) is 85.1 cm³/mol. The van der Waals surface area contributed by atoms with Crippen molar-refractivity contribution >= 4 is 0 Å². The molecule has 3 unspecified atom stereocenters. The van der Waals surface area contributed by atoms with Crippen molar-refractivity contribution in [3.63, 3.8) is 0 Å². The first kappa shape index (κ1) is 16.3. The molecular weight excluding hydrogens is 248 g/mol. The summed E-state index contributed by atoms with van der Waals surface area (Å²) in [6.45, 7) is 14.7. The molecule has 0 spiro atoms. The molecule has 3 heteroatoms. The summed E-state index contributed by atoms with van der Waals surface area (Å²) in [5.74, 6) is 0.853. The third-order valence-corrected chi connectivity index (χ3v) is 5.07. The molecule has 2 saturated heterocycles. The number of hydrogen-bond acceptors (Lipinski definition) is 3. The minimum absolute atomic E-state index is 0.327. The molecule has 3 nitrogen and oxygen atoms in total. The summed E-state index contributed by atoms with van der Waals surface area (Å²) in [6.07, 6.45) is 5.28. The molecule has 20 heavy (non-hydrogen) atoms. The molecule has 2 aliphatic heterocycles. The van der Waals surface area contributed by atoms with Crippen molar-refractivity contribution in [1.29, 1.82) is 0 Å². The fourth-order valence-corrected chi connectivity index (χ4v) is 3.68. The molecule has 1 N–H and O–H groups in total. The van der Waals surface area contributed by atoms with Gasteiger partial charge in [0.2, 0.25) is 0 Å². The van der Waals surface area contributed by atoms with Crippen LogP contribution in [0.3, 0.4) is 0 Å². The Hall–Kier alpha value is -0.120. The minimum atomic E-state index is 0.327. The quantitative estimate of drug-likeness (QED) is 0.839. The zero-order valence-electron chi connectivity index (χ0n) is 14.0. The normalized spacial score (nSPS) is 36.5. The first-order valence-corrected chi connectivity index (χ1v) is 8.56. The van der Waals surface area contributed by atoms with Crippen LogP contribution in [0, 0.1) is 11.3 Å². The van der Waals surface area contributed by atoms with Gasteiger partial charge in [-0.25, -0.2) is 0 Å². The average molecular weight is 282 g/mol.